The molecule has 0 saturated carbocycles. The number of thioether (sulfide) groups is 1. The van der Waals surface area contributed by atoms with Gasteiger partial charge in [0.15, 0.2) is 5.17 Å². The highest BCUT2D eigenvalue weighted by molar-refractivity contribution is 8.13. The average Bonchev–Trinajstić information content (AvgIpc) is 2.64. The van der Waals surface area contributed by atoms with Crippen molar-refractivity contribution in [2.45, 2.75) is 6.42 Å². The van der Waals surface area contributed by atoms with Gasteiger partial charge in [-0.15, -0.1) is 0 Å². The minimum Gasteiger partial charge on any atom is -0.494 e. The standard InChI is InChI=1S/C17H15Cl2N3O2S/c1-24-14-6-3-2-5-13(14)21-17-22(7-4-8-25-17)16(23)11-9-12(18)15(19)20-10-11/h2-3,5-6,9-10H,4,7-8H2,1H3. The van der Waals surface area contributed by atoms with Crippen LogP contribution in [0, 0.1) is 0 Å². The minimum atomic E-state index is -0.202. The number of amides is 1. The van der Waals surface area contributed by atoms with Crippen molar-refractivity contribution in [1.29, 1.82) is 0 Å². The lowest BCUT2D eigenvalue weighted by atomic mass is 10.2. The molecule has 130 valence electrons. The first-order chi connectivity index (χ1) is 12.1. The zero-order valence-electron chi connectivity index (χ0n) is 13.4. The second-order valence-corrected chi connectivity index (χ2v) is 7.05. The molecule has 0 unspecified atom stereocenters. The summed E-state index contributed by atoms with van der Waals surface area (Å²) in [6.07, 6.45) is 2.31. The van der Waals surface area contributed by atoms with Crippen LogP contribution in [-0.2, 0) is 0 Å². The van der Waals surface area contributed by atoms with Crippen molar-refractivity contribution >= 4 is 51.7 Å². The van der Waals surface area contributed by atoms with Crippen LogP contribution in [0.15, 0.2) is 41.5 Å². The summed E-state index contributed by atoms with van der Waals surface area (Å²) in [5.41, 5.74) is 1.06. The number of aromatic nitrogens is 1. The second kappa shape index (κ2) is 8.08. The third-order valence-electron chi connectivity index (χ3n) is 3.58. The zero-order valence-corrected chi connectivity index (χ0v) is 15.7. The Morgan fingerprint density at radius 2 is 2.16 bits per heavy atom. The van der Waals surface area contributed by atoms with Crippen molar-refractivity contribution in [1.82, 2.24) is 9.88 Å². The van der Waals surface area contributed by atoms with Gasteiger partial charge in [-0.3, -0.25) is 9.69 Å². The number of carbonyl (C=O) groups is 1. The number of halogens is 2. The van der Waals surface area contributed by atoms with Gasteiger partial charge in [-0.25, -0.2) is 9.98 Å². The lowest BCUT2D eigenvalue weighted by Gasteiger charge is -2.28. The third kappa shape index (κ3) is 4.08. The Bertz CT molecular complexity index is 829. The molecule has 5 nitrogen and oxygen atoms in total. The first-order valence-electron chi connectivity index (χ1n) is 7.57. The van der Waals surface area contributed by atoms with Crippen molar-refractivity contribution in [3.63, 3.8) is 0 Å². The smallest absolute Gasteiger partial charge is 0.261 e. The quantitative estimate of drug-likeness (QED) is 0.708. The Kier molecular flexibility index (Phi) is 5.83. The Morgan fingerprint density at radius 1 is 1.36 bits per heavy atom. The molecule has 0 atom stereocenters. The molecule has 0 radical (unpaired) electrons. The molecule has 0 N–H and O–H groups in total. The Hall–Kier alpha value is -1.76. The number of pyridine rings is 1. The highest BCUT2D eigenvalue weighted by Gasteiger charge is 2.26. The van der Waals surface area contributed by atoms with Crippen LogP contribution in [-0.4, -0.2) is 40.4 Å². The molecule has 25 heavy (non-hydrogen) atoms. The maximum atomic E-state index is 12.9. The summed E-state index contributed by atoms with van der Waals surface area (Å²) in [4.78, 5) is 23.1. The van der Waals surface area contributed by atoms with E-state index in [0.717, 1.165) is 12.2 Å². The monoisotopic (exact) mass is 395 g/mol. The van der Waals surface area contributed by atoms with E-state index >= 15 is 0 Å². The highest BCUT2D eigenvalue weighted by atomic mass is 35.5. The van der Waals surface area contributed by atoms with E-state index in [1.807, 2.05) is 24.3 Å². The zero-order chi connectivity index (χ0) is 17.8. The van der Waals surface area contributed by atoms with Crippen molar-refractivity contribution in [3.8, 4) is 5.75 Å². The molecule has 2 heterocycles. The molecule has 1 amide bonds. The van der Waals surface area contributed by atoms with E-state index in [1.54, 1.807) is 12.0 Å². The van der Waals surface area contributed by atoms with Gasteiger partial charge in [-0.1, -0.05) is 47.1 Å². The van der Waals surface area contributed by atoms with Crippen LogP contribution < -0.4 is 4.74 Å². The molecule has 1 fully saturated rings. The summed E-state index contributed by atoms with van der Waals surface area (Å²) in [6, 6.07) is 8.97. The fourth-order valence-corrected chi connectivity index (χ4v) is 3.58. The molecule has 3 rings (SSSR count). The largest absolute Gasteiger partial charge is 0.494 e. The number of nitrogens with zero attached hydrogens (tertiary/aromatic N) is 3. The predicted octanol–water partition coefficient (Wildman–Crippen LogP) is 4.66. The van der Waals surface area contributed by atoms with Gasteiger partial charge in [0.05, 0.1) is 17.7 Å². The molecule has 2 aromatic rings. The van der Waals surface area contributed by atoms with Crippen LogP contribution in [0.1, 0.15) is 16.8 Å². The second-order valence-electron chi connectivity index (χ2n) is 5.22. The van der Waals surface area contributed by atoms with Gasteiger partial charge in [0, 0.05) is 18.5 Å². The maximum absolute atomic E-state index is 12.9. The molecule has 1 aromatic heterocycles. The molecule has 0 aliphatic carbocycles. The number of amidine groups is 1. The first-order valence-corrected chi connectivity index (χ1v) is 9.31. The molecular formula is C17H15Cl2N3O2S. The van der Waals surface area contributed by atoms with Crippen LogP contribution in [0.2, 0.25) is 10.2 Å². The Labute approximate surface area is 160 Å². The summed E-state index contributed by atoms with van der Waals surface area (Å²) < 4.78 is 5.33. The van der Waals surface area contributed by atoms with Crippen LogP contribution in [0.4, 0.5) is 5.69 Å². The van der Waals surface area contributed by atoms with E-state index in [0.29, 0.717) is 28.7 Å². The van der Waals surface area contributed by atoms with Gasteiger partial charge in [0.25, 0.3) is 5.91 Å². The lowest BCUT2D eigenvalue weighted by Crippen LogP contribution is -2.39. The Morgan fingerprint density at radius 3 is 2.92 bits per heavy atom. The fraction of sp³-hybridized carbons (Fsp3) is 0.235. The summed E-state index contributed by atoms with van der Waals surface area (Å²) >= 11 is 13.4. The van der Waals surface area contributed by atoms with E-state index in [2.05, 4.69) is 9.98 Å². The number of rotatable bonds is 3. The van der Waals surface area contributed by atoms with Crippen LogP contribution in [0.5, 0.6) is 5.75 Å². The van der Waals surface area contributed by atoms with E-state index in [1.165, 1.54) is 24.0 Å². The number of ether oxygens (including phenoxy) is 1. The molecule has 1 aliphatic rings. The Balaban J connectivity index is 1.94. The maximum Gasteiger partial charge on any atom is 0.261 e. The third-order valence-corrected chi connectivity index (χ3v) is 5.33. The molecule has 1 aliphatic heterocycles. The average molecular weight is 396 g/mol. The molecule has 0 bridgehead atoms. The summed E-state index contributed by atoms with van der Waals surface area (Å²) in [5.74, 6) is 1.36. The van der Waals surface area contributed by atoms with Gasteiger partial charge < -0.3 is 4.74 Å². The van der Waals surface area contributed by atoms with Crippen LogP contribution >= 0.6 is 35.0 Å². The van der Waals surface area contributed by atoms with Crippen molar-refractivity contribution in [3.05, 3.63) is 52.3 Å². The number of hydrogen-bond donors (Lipinski definition) is 0. The van der Waals surface area contributed by atoms with Gasteiger partial charge >= 0.3 is 0 Å². The van der Waals surface area contributed by atoms with Gasteiger partial charge in [-0.2, -0.15) is 0 Å². The van der Waals surface area contributed by atoms with Gasteiger partial charge in [0.1, 0.15) is 16.6 Å². The van der Waals surface area contributed by atoms with Crippen LogP contribution in [0.3, 0.4) is 0 Å². The minimum absolute atomic E-state index is 0.175. The van der Waals surface area contributed by atoms with Crippen molar-refractivity contribution in [2.24, 2.45) is 4.99 Å². The fourth-order valence-electron chi connectivity index (χ4n) is 2.36. The number of hydrogen-bond acceptors (Lipinski definition) is 5. The molecule has 1 aromatic carbocycles. The van der Waals surface area contributed by atoms with E-state index in [-0.39, 0.29) is 16.1 Å². The van der Waals surface area contributed by atoms with Gasteiger partial charge in [0.2, 0.25) is 0 Å². The van der Waals surface area contributed by atoms with Crippen LogP contribution in [0.25, 0.3) is 0 Å². The number of methoxy groups -OCH3 is 1. The van der Waals surface area contributed by atoms with Crippen molar-refractivity contribution in [2.75, 3.05) is 19.4 Å². The number of para-hydroxylation sites is 2. The summed E-state index contributed by atoms with van der Waals surface area (Å²) in [7, 11) is 1.59. The van der Waals surface area contributed by atoms with E-state index < -0.39 is 0 Å². The first kappa shape index (κ1) is 18.0. The number of benzene rings is 1. The van der Waals surface area contributed by atoms with Gasteiger partial charge in [-0.05, 0) is 24.6 Å². The van der Waals surface area contributed by atoms with Crippen molar-refractivity contribution < 1.29 is 9.53 Å². The number of aliphatic imine (C=N–C) groups is 1. The molecular weight excluding hydrogens is 381 g/mol. The molecule has 0 spiro atoms. The lowest BCUT2D eigenvalue weighted by molar-refractivity contribution is 0.0849. The predicted molar refractivity (Wildman–Crippen MR) is 102 cm³/mol. The highest BCUT2D eigenvalue weighted by Crippen LogP contribution is 2.30. The SMILES string of the molecule is COc1ccccc1N=C1SCCCN1C(=O)c1cnc(Cl)c(Cl)c1. The number of carbonyl (C=O) groups excluding carboxylic acids is 1. The molecule has 1 saturated heterocycles. The van der Waals surface area contributed by atoms with E-state index in [9.17, 15) is 4.79 Å². The summed E-state index contributed by atoms with van der Waals surface area (Å²) in [6.45, 7) is 0.583. The van der Waals surface area contributed by atoms with E-state index in [4.69, 9.17) is 27.9 Å². The summed E-state index contributed by atoms with van der Waals surface area (Å²) in [5, 5.41) is 1.06. The normalized spacial score (nSPS) is 16.1. The molecule has 8 heteroatoms. The topological polar surface area (TPSA) is 54.8 Å².